The van der Waals surface area contributed by atoms with E-state index in [2.05, 4.69) is 11.9 Å². The molecule has 4 aliphatic rings. The highest BCUT2D eigenvalue weighted by atomic mass is 16.5. The van der Waals surface area contributed by atoms with Gasteiger partial charge in [0.15, 0.2) is 0 Å². The Morgan fingerprint density at radius 1 is 1.07 bits per heavy atom. The molecule has 28 heavy (non-hydrogen) atoms. The van der Waals surface area contributed by atoms with Crippen molar-refractivity contribution in [2.75, 3.05) is 32.8 Å². The molecule has 0 unspecified atom stereocenters. The molecule has 0 aromatic rings. The summed E-state index contributed by atoms with van der Waals surface area (Å²) in [7, 11) is 0. The van der Waals surface area contributed by atoms with Gasteiger partial charge in [0.2, 0.25) is 11.8 Å². The van der Waals surface area contributed by atoms with Gasteiger partial charge in [0.25, 0.3) is 0 Å². The average Bonchev–Trinajstić information content (AvgIpc) is 3.15. The first-order chi connectivity index (χ1) is 13.6. The van der Waals surface area contributed by atoms with E-state index in [9.17, 15) is 14.4 Å². The lowest BCUT2D eigenvalue weighted by atomic mass is 9.95. The lowest BCUT2D eigenvalue weighted by molar-refractivity contribution is -0.162. The summed E-state index contributed by atoms with van der Waals surface area (Å²) < 4.78 is 5.68. The van der Waals surface area contributed by atoms with Gasteiger partial charge in [0, 0.05) is 32.1 Å². The van der Waals surface area contributed by atoms with Gasteiger partial charge in [-0.1, -0.05) is 25.3 Å². The highest BCUT2D eigenvalue weighted by Gasteiger charge is 2.52. The zero-order chi connectivity index (χ0) is 19.7. The van der Waals surface area contributed by atoms with E-state index in [0.29, 0.717) is 32.7 Å². The van der Waals surface area contributed by atoms with Gasteiger partial charge in [-0.2, -0.15) is 0 Å². The summed E-state index contributed by atoms with van der Waals surface area (Å²) in [6, 6.07) is -0.884. The molecular formula is C20H30N4O4. The maximum Gasteiger partial charge on any atom is 0.317 e. The van der Waals surface area contributed by atoms with Crippen LogP contribution in [0, 0.1) is 0 Å². The Morgan fingerprint density at radius 2 is 1.82 bits per heavy atom. The number of urea groups is 1. The molecule has 4 fully saturated rings. The highest BCUT2D eigenvalue weighted by Crippen LogP contribution is 2.30. The minimum atomic E-state index is -0.576. The van der Waals surface area contributed by atoms with Crippen molar-refractivity contribution in [3.05, 3.63) is 12.7 Å². The van der Waals surface area contributed by atoms with Gasteiger partial charge in [0.05, 0.1) is 19.3 Å². The molecule has 3 heterocycles. The molecule has 4 amide bonds. The zero-order valence-corrected chi connectivity index (χ0v) is 16.3. The number of nitrogens with zero attached hydrogens (tertiary/aromatic N) is 3. The van der Waals surface area contributed by atoms with Crippen LogP contribution >= 0.6 is 0 Å². The SMILES string of the molecule is C=CCO[C@@H]1C[C@H]2C(=O)N3CCN(C(=O)NC4CCCCC4)C[C@H]3C(=O)N2C1. The Kier molecular flexibility index (Phi) is 5.57. The second-order valence-corrected chi connectivity index (χ2v) is 8.26. The van der Waals surface area contributed by atoms with Gasteiger partial charge in [-0.15, -0.1) is 6.58 Å². The van der Waals surface area contributed by atoms with Crippen molar-refractivity contribution in [3.8, 4) is 0 Å². The largest absolute Gasteiger partial charge is 0.372 e. The van der Waals surface area contributed by atoms with Crippen molar-refractivity contribution in [3.63, 3.8) is 0 Å². The molecule has 0 spiro atoms. The normalized spacial score (nSPS) is 30.9. The fourth-order valence-electron chi connectivity index (χ4n) is 4.94. The maximum atomic E-state index is 13.1. The fourth-order valence-corrected chi connectivity index (χ4v) is 4.94. The lowest BCUT2D eigenvalue weighted by Gasteiger charge is -2.47. The van der Waals surface area contributed by atoms with E-state index >= 15 is 0 Å². The van der Waals surface area contributed by atoms with Crippen LogP contribution in [-0.2, 0) is 14.3 Å². The molecule has 0 aromatic carbocycles. The van der Waals surface area contributed by atoms with Crippen LogP contribution < -0.4 is 5.32 Å². The topological polar surface area (TPSA) is 82.2 Å². The van der Waals surface area contributed by atoms with E-state index in [-0.39, 0.29) is 36.5 Å². The van der Waals surface area contributed by atoms with Crippen LogP contribution in [-0.4, -0.2) is 89.6 Å². The Labute approximate surface area is 165 Å². The number of rotatable bonds is 4. The van der Waals surface area contributed by atoms with Crippen LogP contribution in [0.15, 0.2) is 12.7 Å². The minimum absolute atomic E-state index is 0.0124. The van der Waals surface area contributed by atoms with Crippen LogP contribution in [0.1, 0.15) is 38.5 Å². The summed E-state index contributed by atoms with van der Waals surface area (Å²) in [5.41, 5.74) is 0. The Morgan fingerprint density at radius 3 is 2.57 bits per heavy atom. The van der Waals surface area contributed by atoms with E-state index in [1.54, 1.807) is 20.8 Å². The third-order valence-electron chi connectivity index (χ3n) is 6.45. The van der Waals surface area contributed by atoms with Crippen LogP contribution in [0.3, 0.4) is 0 Å². The molecule has 0 aromatic heterocycles. The van der Waals surface area contributed by atoms with Crippen LogP contribution in [0.2, 0.25) is 0 Å². The predicted molar refractivity (Wildman–Crippen MR) is 103 cm³/mol. The summed E-state index contributed by atoms with van der Waals surface area (Å²) >= 11 is 0. The Hall–Kier alpha value is -2.09. The number of ether oxygens (including phenoxy) is 1. The molecule has 3 aliphatic heterocycles. The van der Waals surface area contributed by atoms with Gasteiger partial charge in [-0.3, -0.25) is 9.59 Å². The van der Waals surface area contributed by atoms with Crippen molar-refractivity contribution in [2.24, 2.45) is 0 Å². The predicted octanol–water partition coefficient (Wildman–Crippen LogP) is 0.727. The van der Waals surface area contributed by atoms with Gasteiger partial charge in [-0.05, 0) is 12.8 Å². The van der Waals surface area contributed by atoms with Gasteiger partial charge < -0.3 is 24.8 Å². The van der Waals surface area contributed by atoms with E-state index in [1.165, 1.54) is 6.42 Å². The molecule has 4 rings (SSSR count). The van der Waals surface area contributed by atoms with E-state index in [4.69, 9.17) is 4.74 Å². The summed E-state index contributed by atoms with van der Waals surface area (Å²) in [4.78, 5) is 43.7. The second-order valence-electron chi connectivity index (χ2n) is 8.26. The number of hydrogen-bond donors (Lipinski definition) is 1. The molecule has 154 valence electrons. The third-order valence-corrected chi connectivity index (χ3v) is 6.45. The molecule has 8 heteroatoms. The van der Waals surface area contributed by atoms with Crippen molar-refractivity contribution in [1.82, 2.24) is 20.0 Å². The Balaban J connectivity index is 1.39. The Bertz CT molecular complexity index is 648. The van der Waals surface area contributed by atoms with Crippen molar-refractivity contribution in [1.29, 1.82) is 0 Å². The first-order valence-corrected chi connectivity index (χ1v) is 10.5. The number of piperazine rings is 2. The van der Waals surface area contributed by atoms with Crippen molar-refractivity contribution in [2.45, 2.75) is 62.8 Å². The number of hydrogen-bond acceptors (Lipinski definition) is 4. The fraction of sp³-hybridized carbons (Fsp3) is 0.750. The monoisotopic (exact) mass is 390 g/mol. The molecule has 8 nitrogen and oxygen atoms in total. The van der Waals surface area contributed by atoms with Crippen LogP contribution in [0.4, 0.5) is 4.79 Å². The van der Waals surface area contributed by atoms with E-state index in [0.717, 1.165) is 25.7 Å². The second kappa shape index (κ2) is 8.11. The molecule has 0 bridgehead atoms. The van der Waals surface area contributed by atoms with Crippen molar-refractivity contribution >= 4 is 17.8 Å². The van der Waals surface area contributed by atoms with Crippen LogP contribution in [0.5, 0.6) is 0 Å². The molecule has 1 N–H and O–H groups in total. The van der Waals surface area contributed by atoms with Gasteiger partial charge >= 0.3 is 6.03 Å². The van der Waals surface area contributed by atoms with Crippen LogP contribution in [0.25, 0.3) is 0 Å². The highest BCUT2D eigenvalue weighted by molar-refractivity contribution is 5.98. The first kappa shape index (κ1) is 19.2. The number of carbonyl (C=O) groups excluding carboxylic acids is 3. The van der Waals surface area contributed by atoms with Crippen molar-refractivity contribution < 1.29 is 19.1 Å². The number of carbonyl (C=O) groups is 3. The van der Waals surface area contributed by atoms with Gasteiger partial charge in [0.1, 0.15) is 12.1 Å². The number of fused-ring (bicyclic) bond motifs is 2. The van der Waals surface area contributed by atoms with Gasteiger partial charge in [-0.25, -0.2) is 4.79 Å². The molecule has 3 atom stereocenters. The smallest absolute Gasteiger partial charge is 0.317 e. The van der Waals surface area contributed by atoms with E-state index < -0.39 is 12.1 Å². The number of amides is 4. The molecule has 3 saturated heterocycles. The number of nitrogens with one attached hydrogen (secondary N) is 1. The first-order valence-electron chi connectivity index (χ1n) is 10.5. The summed E-state index contributed by atoms with van der Waals surface area (Å²) in [6.07, 6.45) is 7.66. The molecular weight excluding hydrogens is 360 g/mol. The molecule has 1 aliphatic carbocycles. The average molecular weight is 390 g/mol. The molecule has 0 radical (unpaired) electrons. The third kappa shape index (κ3) is 3.62. The maximum absolute atomic E-state index is 13.1. The summed E-state index contributed by atoms with van der Waals surface area (Å²) in [5.74, 6) is -0.0777. The standard InChI is InChI=1S/C20H30N4O4/c1-2-10-28-15-11-16-18(25)23-9-8-22(13-17(23)19(26)24(16)12-15)20(27)21-14-6-4-3-5-7-14/h2,14-17H,1,3-13H2,(H,21,27)/t15-,16+,17+/m1/s1. The minimum Gasteiger partial charge on any atom is -0.372 e. The zero-order valence-electron chi connectivity index (χ0n) is 16.3. The quantitative estimate of drug-likeness (QED) is 0.718. The lowest BCUT2D eigenvalue weighted by Crippen LogP contribution is -2.69. The summed E-state index contributed by atoms with van der Waals surface area (Å²) in [5, 5.41) is 3.12. The van der Waals surface area contributed by atoms with E-state index in [1.807, 2.05) is 0 Å². The summed E-state index contributed by atoms with van der Waals surface area (Å²) in [6.45, 7) is 5.64. The molecule has 1 saturated carbocycles.